The molecule has 1 unspecified atom stereocenters. The summed E-state index contributed by atoms with van der Waals surface area (Å²) >= 11 is 0. The third-order valence-corrected chi connectivity index (χ3v) is 3.62. The summed E-state index contributed by atoms with van der Waals surface area (Å²) < 4.78 is 0. The van der Waals surface area contributed by atoms with Crippen LogP contribution in [0.4, 0.5) is 11.4 Å². The quantitative estimate of drug-likeness (QED) is 0.629. The minimum absolute atomic E-state index is 0.0120. The Morgan fingerprint density at radius 2 is 2.35 bits per heavy atom. The minimum atomic E-state index is -0.422. The molecule has 2 rings (SSSR count). The van der Waals surface area contributed by atoms with Gasteiger partial charge in [0.25, 0.3) is 11.6 Å². The van der Waals surface area contributed by atoms with Gasteiger partial charge in [0.05, 0.1) is 4.92 Å². The second-order valence-corrected chi connectivity index (χ2v) is 4.76. The third-order valence-electron chi connectivity index (χ3n) is 3.62. The van der Waals surface area contributed by atoms with Gasteiger partial charge < -0.3 is 16.0 Å². The van der Waals surface area contributed by atoms with Crippen molar-refractivity contribution in [1.82, 2.24) is 5.32 Å². The number of hydrogen-bond donors (Lipinski definition) is 2. The van der Waals surface area contributed by atoms with Crippen molar-refractivity contribution >= 4 is 17.3 Å². The monoisotopic (exact) mass is 278 g/mol. The van der Waals surface area contributed by atoms with Crippen molar-refractivity contribution in [2.24, 2.45) is 5.73 Å². The van der Waals surface area contributed by atoms with Crippen LogP contribution in [0.15, 0.2) is 18.2 Å². The van der Waals surface area contributed by atoms with Gasteiger partial charge in [-0.25, -0.2) is 0 Å². The van der Waals surface area contributed by atoms with E-state index >= 15 is 0 Å². The van der Waals surface area contributed by atoms with Crippen molar-refractivity contribution in [1.29, 1.82) is 0 Å². The highest BCUT2D eigenvalue weighted by molar-refractivity contribution is 5.95. The van der Waals surface area contributed by atoms with E-state index < -0.39 is 4.92 Å². The number of amides is 1. The van der Waals surface area contributed by atoms with Gasteiger partial charge >= 0.3 is 0 Å². The molecular formula is C13H18N4O3. The zero-order chi connectivity index (χ0) is 14.7. The summed E-state index contributed by atoms with van der Waals surface area (Å²) in [7, 11) is 1.53. The molecule has 0 spiro atoms. The molecule has 1 heterocycles. The van der Waals surface area contributed by atoms with Crippen molar-refractivity contribution in [3.63, 3.8) is 0 Å². The van der Waals surface area contributed by atoms with Crippen LogP contribution in [0, 0.1) is 10.1 Å². The molecule has 1 aromatic rings. The van der Waals surface area contributed by atoms with Gasteiger partial charge in [0, 0.05) is 37.8 Å². The van der Waals surface area contributed by atoms with Crippen LogP contribution < -0.4 is 16.0 Å². The van der Waals surface area contributed by atoms with Gasteiger partial charge in [0.15, 0.2) is 0 Å². The molecule has 0 bridgehead atoms. The van der Waals surface area contributed by atoms with Crippen molar-refractivity contribution in [2.75, 3.05) is 25.0 Å². The third kappa shape index (κ3) is 2.57. The Balaban J connectivity index is 2.46. The SMILES string of the molecule is CNC(=O)c1ccc([N+](=O)[O-])c(N2CCCC2CN)c1. The number of nitrogens with one attached hydrogen (secondary N) is 1. The molecule has 7 heteroatoms. The number of nitrogens with zero attached hydrogens (tertiary/aromatic N) is 2. The molecule has 20 heavy (non-hydrogen) atoms. The Labute approximate surface area is 116 Å². The molecule has 7 nitrogen and oxygen atoms in total. The van der Waals surface area contributed by atoms with E-state index in [0.29, 0.717) is 17.8 Å². The predicted molar refractivity (Wildman–Crippen MR) is 75.9 cm³/mol. The van der Waals surface area contributed by atoms with Gasteiger partial charge in [-0.15, -0.1) is 0 Å². The van der Waals surface area contributed by atoms with Crippen LogP contribution in [-0.2, 0) is 0 Å². The second kappa shape index (κ2) is 5.87. The Morgan fingerprint density at radius 1 is 1.60 bits per heavy atom. The molecule has 1 fully saturated rings. The van der Waals surface area contributed by atoms with E-state index in [1.807, 2.05) is 4.90 Å². The molecule has 1 aliphatic heterocycles. The normalized spacial score (nSPS) is 18.1. The Hall–Kier alpha value is -2.15. The number of nitro benzene ring substituents is 1. The first kappa shape index (κ1) is 14.3. The summed E-state index contributed by atoms with van der Waals surface area (Å²) in [5, 5.41) is 13.7. The maximum absolute atomic E-state index is 11.7. The number of hydrogen-bond acceptors (Lipinski definition) is 5. The van der Waals surface area contributed by atoms with E-state index in [4.69, 9.17) is 5.73 Å². The van der Waals surface area contributed by atoms with Gasteiger partial charge in [-0.2, -0.15) is 0 Å². The lowest BCUT2D eigenvalue weighted by Crippen LogP contribution is -2.36. The highest BCUT2D eigenvalue weighted by Crippen LogP contribution is 2.34. The number of nitro groups is 1. The first-order valence-corrected chi connectivity index (χ1v) is 6.55. The average molecular weight is 278 g/mol. The lowest BCUT2D eigenvalue weighted by molar-refractivity contribution is -0.384. The number of anilines is 1. The summed E-state index contributed by atoms with van der Waals surface area (Å²) in [6.45, 7) is 1.17. The van der Waals surface area contributed by atoms with Gasteiger partial charge in [0.2, 0.25) is 0 Å². The number of rotatable bonds is 4. The molecule has 0 radical (unpaired) electrons. The van der Waals surface area contributed by atoms with Crippen LogP contribution in [0.3, 0.4) is 0 Å². The van der Waals surface area contributed by atoms with Crippen LogP contribution >= 0.6 is 0 Å². The Morgan fingerprint density at radius 3 is 2.95 bits per heavy atom. The smallest absolute Gasteiger partial charge is 0.292 e. The molecular weight excluding hydrogens is 260 g/mol. The Bertz CT molecular complexity index is 532. The molecule has 1 saturated heterocycles. The molecule has 1 atom stereocenters. The van der Waals surface area contributed by atoms with Gasteiger partial charge in [-0.3, -0.25) is 14.9 Å². The Kier molecular flexibility index (Phi) is 4.19. The second-order valence-electron chi connectivity index (χ2n) is 4.76. The molecule has 0 aliphatic carbocycles. The van der Waals surface area contributed by atoms with Gasteiger partial charge in [-0.1, -0.05) is 0 Å². The summed E-state index contributed by atoms with van der Waals surface area (Å²) in [5.41, 5.74) is 6.62. The molecule has 1 aliphatic rings. The lowest BCUT2D eigenvalue weighted by Gasteiger charge is -2.25. The molecule has 3 N–H and O–H groups in total. The molecule has 0 aromatic heterocycles. The summed E-state index contributed by atoms with van der Waals surface area (Å²) in [4.78, 5) is 24.4. The van der Waals surface area contributed by atoms with Crippen LogP contribution in [0.2, 0.25) is 0 Å². The molecule has 1 aromatic carbocycles. The van der Waals surface area contributed by atoms with E-state index in [2.05, 4.69) is 5.32 Å². The maximum Gasteiger partial charge on any atom is 0.292 e. The topological polar surface area (TPSA) is 101 Å². The number of benzene rings is 1. The fourth-order valence-electron chi connectivity index (χ4n) is 2.59. The zero-order valence-corrected chi connectivity index (χ0v) is 11.3. The zero-order valence-electron chi connectivity index (χ0n) is 11.3. The standard InChI is InChI=1S/C13H18N4O3/c1-15-13(18)9-4-5-11(17(19)20)12(7-9)16-6-2-3-10(16)8-14/h4-5,7,10H,2-3,6,8,14H2,1H3,(H,15,18). The van der Waals surface area contributed by atoms with E-state index in [1.165, 1.54) is 19.2 Å². The number of carbonyl (C=O) groups excluding carboxylic acids is 1. The van der Waals surface area contributed by atoms with Crippen LogP contribution in [-0.4, -0.2) is 37.0 Å². The lowest BCUT2D eigenvalue weighted by atomic mass is 10.1. The highest BCUT2D eigenvalue weighted by atomic mass is 16.6. The first-order valence-electron chi connectivity index (χ1n) is 6.55. The minimum Gasteiger partial charge on any atom is -0.362 e. The fourth-order valence-corrected chi connectivity index (χ4v) is 2.59. The predicted octanol–water partition coefficient (Wildman–Crippen LogP) is 0.882. The van der Waals surface area contributed by atoms with Gasteiger partial charge in [-0.05, 0) is 25.0 Å². The number of nitrogens with two attached hydrogens (primary N) is 1. The maximum atomic E-state index is 11.7. The molecule has 1 amide bonds. The van der Waals surface area contributed by atoms with Gasteiger partial charge in [0.1, 0.15) is 5.69 Å². The first-order chi connectivity index (χ1) is 9.58. The van der Waals surface area contributed by atoms with Crippen molar-refractivity contribution in [3.8, 4) is 0 Å². The fraction of sp³-hybridized carbons (Fsp3) is 0.462. The number of carbonyl (C=O) groups is 1. The summed E-state index contributed by atoms with van der Waals surface area (Å²) in [6.07, 6.45) is 1.86. The van der Waals surface area contributed by atoms with E-state index in [0.717, 1.165) is 19.4 Å². The van der Waals surface area contributed by atoms with E-state index in [9.17, 15) is 14.9 Å². The van der Waals surface area contributed by atoms with Crippen molar-refractivity contribution < 1.29 is 9.72 Å². The van der Waals surface area contributed by atoms with Crippen molar-refractivity contribution in [3.05, 3.63) is 33.9 Å². The van der Waals surface area contributed by atoms with Crippen LogP contribution in [0.1, 0.15) is 23.2 Å². The van der Waals surface area contributed by atoms with E-state index in [1.54, 1.807) is 6.07 Å². The molecule has 0 saturated carbocycles. The van der Waals surface area contributed by atoms with E-state index in [-0.39, 0.29) is 17.6 Å². The van der Waals surface area contributed by atoms with Crippen LogP contribution in [0.25, 0.3) is 0 Å². The highest BCUT2D eigenvalue weighted by Gasteiger charge is 2.29. The molecule has 108 valence electrons. The summed E-state index contributed by atoms with van der Waals surface area (Å²) in [5.74, 6) is -0.260. The summed E-state index contributed by atoms with van der Waals surface area (Å²) in [6, 6.07) is 4.51. The largest absolute Gasteiger partial charge is 0.362 e. The van der Waals surface area contributed by atoms with Crippen LogP contribution in [0.5, 0.6) is 0 Å². The average Bonchev–Trinajstić information content (AvgIpc) is 2.93. The van der Waals surface area contributed by atoms with Crippen molar-refractivity contribution in [2.45, 2.75) is 18.9 Å².